The molecule has 2 aromatic rings. The molecule has 0 bridgehead atoms. The summed E-state index contributed by atoms with van der Waals surface area (Å²) in [6, 6.07) is 12.0. The minimum Gasteiger partial charge on any atom is -0.450 e. The molecule has 92 valence electrons. The number of halogens is 2. The lowest BCUT2D eigenvalue weighted by molar-refractivity contribution is -0.385. The van der Waals surface area contributed by atoms with Gasteiger partial charge < -0.3 is 4.74 Å². The van der Waals surface area contributed by atoms with Gasteiger partial charge in [0, 0.05) is 14.1 Å². The highest BCUT2D eigenvalue weighted by Gasteiger charge is 2.16. The molecule has 2 aromatic carbocycles. The lowest BCUT2D eigenvalue weighted by Gasteiger charge is -2.06. The van der Waals surface area contributed by atoms with Gasteiger partial charge in [-0.3, -0.25) is 10.1 Å². The number of hydrogen-bond acceptors (Lipinski definition) is 3. The largest absolute Gasteiger partial charge is 0.450 e. The Morgan fingerprint density at radius 3 is 2.67 bits per heavy atom. The number of benzene rings is 2. The van der Waals surface area contributed by atoms with Crippen LogP contribution in [0.5, 0.6) is 11.5 Å². The van der Waals surface area contributed by atoms with Crippen LogP contribution in [0.15, 0.2) is 46.9 Å². The summed E-state index contributed by atoms with van der Waals surface area (Å²) < 4.78 is 7.19. The molecule has 0 unspecified atom stereocenters. The Morgan fingerprint density at radius 1 is 1.22 bits per heavy atom. The molecule has 4 nitrogen and oxygen atoms in total. The minimum absolute atomic E-state index is 0.0664. The summed E-state index contributed by atoms with van der Waals surface area (Å²) >= 11 is 5.35. The number of hydrogen-bond donors (Lipinski definition) is 0. The first kappa shape index (κ1) is 13.3. The van der Waals surface area contributed by atoms with Crippen LogP contribution in [0.25, 0.3) is 0 Å². The molecule has 0 radical (unpaired) electrons. The SMILES string of the molecule is O=[N+]([O-])c1cc(Br)ccc1Oc1cccc(I)c1. The fourth-order valence-corrected chi connectivity index (χ4v) is 2.24. The van der Waals surface area contributed by atoms with Gasteiger partial charge in [0.2, 0.25) is 5.75 Å². The molecule has 0 aliphatic carbocycles. The highest BCUT2D eigenvalue weighted by atomic mass is 127. The van der Waals surface area contributed by atoms with Crippen molar-refractivity contribution < 1.29 is 9.66 Å². The van der Waals surface area contributed by atoms with Gasteiger partial charge in [-0.05, 0) is 52.9 Å². The fraction of sp³-hybridized carbons (Fsp3) is 0. The van der Waals surface area contributed by atoms with Crippen molar-refractivity contribution in [2.24, 2.45) is 0 Å². The molecule has 0 aliphatic heterocycles. The van der Waals surface area contributed by atoms with E-state index >= 15 is 0 Å². The molecule has 0 aromatic heterocycles. The Morgan fingerprint density at radius 2 is 2.00 bits per heavy atom. The molecular formula is C12H7BrINO3. The van der Waals surface area contributed by atoms with E-state index in [1.54, 1.807) is 18.2 Å². The summed E-state index contributed by atoms with van der Waals surface area (Å²) in [6.07, 6.45) is 0. The Balaban J connectivity index is 2.37. The van der Waals surface area contributed by atoms with E-state index in [9.17, 15) is 10.1 Å². The highest BCUT2D eigenvalue weighted by Crippen LogP contribution is 2.33. The van der Waals surface area contributed by atoms with Gasteiger partial charge in [-0.1, -0.05) is 22.0 Å². The van der Waals surface area contributed by atoms with Gasteiger partial charge in [-0.2, -0.15) is 0 Å². The maximum Gasteiger partial charge on any atom is 0.312 e. The normalized spacial score (nSPS) is 10.1. The zero-order valence-corrected chi connectivity index (χ0v) is 12.7. The third-order valence-corrected chi connectivity index (χ3v) is 3.31. The van der Waals surface area contributed by atoms with Gasteiger partial charge in [0.05, 0.1) is 4.92 Å². The van der Waals surface area contributed by atoms with Crippen LogP contribution >= 0.6 is 38.5 Å². The van der Waals surface area contributed by atoms with Gasteiger partial charge in [0.15, 0.2) is 0 Å². The van der Waals surface area contributed by atoms with E-state index in [-0.39, 0.29) is 11.4 Å². The zero-order chi connectivity index (χ0) is 13.1. The number of rotatable bonds is 3. The second-order valence-electron chi connectivity index (χ2n) is 3.43. The summed E-state index contributed by atoms with van der Waals surface area (Å²) in [5.41, 5.74) is -0.0664. The summed E-state index contributed by atoms with van der Waals surface area (Å²) in [7, 11) is 0. The molecule has 2 rings (SSSR count). The van der Waals surface area contributed by atoms with E-state index in [1.807, 2.05) is 18.2 Å². The fourth-order valence-electron chi connectivity index (χ4n) is 1.38. The van der Waals surface area contributed by atoms with E-state index in [4.69, 9.17) is 4.74 Å². The second kappa shape index (κ2) is 5.66. The van der Waals surface area contributed by atoms with E-state index in [1.165, 1.54) is 6.07 Å². The number of nitro groups is 1. The van der Waals surface area contributed by atoms with Crippen molar-refractivity contribution in [1.29, 1.82) is 0 Å². The van der Waals surface area contributed by atoms with E-state index in [0.29, 0.717) is 10.2 Å². The summed E-state index contributed by atoms with van der Waals surface area (Å²) in [4.78, 5) is 10.5. The van der Waals surface area contributed by atoms with Gasteiger partial charge >= 0.3 is 5.69 Å². The molecule has 0 amide bonds. The van der Waals surface area contributed by atoms with Crippen molar-refractivity contribution in [1.82, 2.24) is 0 Å². The van der Waals surface area contributed by atoms with Crippen LogP contribution in [0.3, 0.4) is 0 Å². The van der Waals surface area contributed by atoms with E-state index in [0.717, 1.165) is 3.57 Å². The Kier molecular flexibility index (Phi) is 4.18. The monoisotopic (exact) mass is 419 g/mol. The number of ether oxygens (including phenoxy) is 1. The average molecular weight is 420 g/mol. The molecule has 6 heteroatoms. The van der Waals surface area contributed by atoms with Gasteiger partial charge in [-0.15, -0.1) is 0 Å². The van der Waals surface area contributed by atoms with Gasteiger partial charge in [0.25, 0.3) is 0 Å². The molecule has 18 heavy (non-hydrogen) atoms. The molecule has 0 aliphatic rings. The van der Waals surface area contributed by atoms with Crippen molar-refractivity contribution in [2.45, 2.75) is 0 Å². The van der Waals surface area contributed by atoms with Crippen molar-refractivity contribution in [2.75, 3.05) is 0 Å². The number of nitrogens with zero attached hydrogens (tertiary/aromatic N) is 1. The first-order chi connectivity index (χ1) is 8.56. The maximum atomic E-state index is 10.9. The van der Waals surface area contributed by atoms with Crippen LogP contribution in [0, 0.1) is 13.7 Å². The van der Waals surface area contributed by atoms with Gasteiger partial charge in [-0.25, -0.2) is 0 Å². The summed E-state index contributed by atoms with van der Waals surface area (Å²) in [6.45, 7) is 0. The first-order valence-electron chi connectivity index (χ1n) is 4.93. The van der Waals surface area contributed by atoms with Crippen molar-refractivity contribution in [3.63, 3.8) is 0 Å². The molecule has 0 N–H and O–H groups in total. The van der Waals surface area contributed by atoms with Crippen LogP contribution in [-0.2, 0) is 0 Å². The van der Waals surface area contributed by atoms with Crippen LogP contribution in [-0.4, -0.2) is 4.92 Å². The highest BCUT2D eigenvalue weighted by molar-refractivity contribution is 14.1. The van der Waals surface area contributed by atoms with Crippen LogP contribution in [0.4, 0.5) is 5.69 Å². The standard InChI is InChI=1S/C12H7BrINO3/c13-8-4-5-12(11(6-8)15(16)17)18-10-3-1-2-9(14)7-10/h1-7H. The Hall–Kier alpha value is -1.15. The van der Waals surface area contributed by atoms with Crippen molar-refractivity contribution >= 4 is 44.2 Å². The van der Waals surface area contributed by atoms with Crippen LogP contribution in [0.2, 0.25) is 0 Å². The molecule has 0 heterocycles. The lowest BCUT2D eigenvalue weighted by atomic mass is 10.3. The van der Waals surface area contributed by atoms with Crippen molar-refractivity contribution in [3.05, 3.63) is 60.6 Å². The molecule has 0 saturated carbocycles. The Labute approximate surface area is 125 Å². The van der Waals surface area contributed by atoms with Gasteiger partial charge in [0.1, 0.15) is 5.75 Å². The Bertz CT molecular complexity index is 604. The number of nitro benzene ring substituents is 1. The predicted molar refractivity (Wildman–Crippen MR) is 80.0 cm³/mol. The van der Waals surface area contributed by atoms with Crippen molar-refractivity contribution in [3.8, 4) is 11.5 Å². The molecule has 0 saturated heterocycles. The average Bonchev–Trinajstić information content (AvgIpc) is 2.31. The molecular weight excluding hydrogens is 413 g/mol. The summed E-state index contributed by atoms with van der Waals surface area (Å²) in [5, 5.41) is 10.9. The van der Waals surface area contributed by atoms with Crippen LogP contribution < -0.4 is 4.74 Å². The molecule has 0 spiro atoms. The molecule has 0 atom stereocenters. The zero-order valence-electron chi connectivity index (χ0n) is 8.97. The topological polar surface area (TPSA) is 52.4 Å². The third kappa shape index (κ3) is 3.20. The smallest absolute Gasteiger partial charge is 0.312 e. The predicted octanol–water partition coefficient (Wildman–Crippen LogP) is 4.75. The second-order valence-corrected chi connectivity index (χ2v) is 5.59. The minimum atomic E-state index is -0.464. The maximum absolute atomic E-state index is 10.9. The lowest BCUT2D eigenvalue weighted by Crippen LogP contribution is -1.93. The quantitative estimate of drug-likeness (QED) is 0.409. The third-order valence-electron chi connectivity index (χ3n) is 2.14. The summed E-state index contributed by atoms with van der Waals surface area (Å²) in [5.74, 6) is 0.803. The van der Waals surface area contributed by atoms with Crippen LogP contribution in [0.1, 0.15) is 0 Å². The molecule has 0 fully saturated rings. The van der Waals surface area contributed by atoms with E-state index < -0.39 is 4.92 Å². The first-order valence-corrected chi connectivity index (χ1v) is 6.81. The van der Waals surface area contributed by atoms with E-state index in [2.05, 4.69) is 38.5 Å².